The Hall–Kier alpha value is -0.650. The van der Waals surface area contributed by atoms with Crippen molar-refractivity contribution >= 4 is 5.91 Å². The van der Waals surface area contributed by atoms with Crippen molar-refractivity contribution in [3.63, 3.8) is 0 Å². The summed E-state index contributed by atoms with van der Waals surface area (Å²) in [6.07, 6.45) is 1.28. The van der Waals surface area contributed by atoms with E-state index in [1.165, 1.54) is 0 Å². The molecule has 0 aliphatic carbocycles. The lowest BCUT2D eigenvalue weighted by Crippen LogP contribution is -2.39. The fourth-order valence-corrected chi connectivity index (χ4v) is 1.58. The standard InChI is InChI=1S/C9H19N3O2/c1-14-4-2-3-9(13)12-5-7(10)8(11)6-12/h7-8H,2-6,10-11H2,1H3. The largest absolute Gasteiger partial charge is 0.385 e. The maximum Gasteiger partial charge on any atom is 0.222 e. The van der Waals surface area contributed by atoms with Gasteiger partial charge in [0.15, 0.2) is 0 Å². The average Bonchev–Trinajstić information content (AvgIpc) is 2.47. The normalized spacial score (nSPS) is 26.9. The summed E-state index contributed by atoms with van der Waals surface area (Å²) in [6, 6.07) is -0.136. The molecule has 0 aromatic heterocycles. The number of carbonyl (C=O) groups is 1. The molecule has 1 amide bonds. The topological polar surface area (TPSA) is 81.6 Å². The molecular weight excluding hydrogens is 182 g/mol. The molecule has 1 rings (SSSR count). The number of ether oxygens (including phenoxy) is 1. The van der Waals surface area contributed by atoms with E-state index in [0.29, 0.717) is 26.1 Å². The van der Waals surface area contributed by atoms with Gasteiger partial charge in [0.05, 0.1) is 0 Å². The van der Waals surface area contributed by atoms with E-state index in [9.17, 15) is 4.79 Å². The first-order chi connectivity index (χ1) is 6.65. The first kappa shape index (κ1) is 11.4. The van der Waals surface area contributed by atoms with E-state index in [1.807, 2.05) is 0 Å². The third kappa shape index (κ3) is 2.94. The Morgan fingerprint density at radius 3 is 2.50 bits per heavy atom. The predicted molar refractivity (Wildman–Crippen MR) is 53.6 cm³/mol. The number of likely N-dealkylation sites (tertiary alicyclic amines) is 1. The summed E-state index contributed by atoms with van der Waals surface area (Å²) in [4.78, 5) is 13.3. The molecule has 1 fully saturated rings. The van der Waals surface area contributed by atoms with Gasteiger partial charge < -0.3 is 21.1 Å². The van der Waals surface area contributed by atoms with E-state index in [2.05, 4.69) is 0 Å². The lowest BCUT2D eigenvalue weighted by atomic mass is 10.2. The maximum absolute atomic E-state index is 11.6. The molecule has 5 heteroatoms. The number of nitrogens with two attached hydrogens (primary N) is 2. The summed E-state index contributed by atoms with van der Waals surface area (Å²) < 4.78 is 4.88. The highest BCUT2D eigenvalue weighted by atomic mass is 16.5. The smallest absolute Gasteiger partial charge is 0.222 e. The fourth-order valence-electron chi connectivity index (χ4n) is 1.58. The predicted octanol–water partition coefficient (Wildman–Crippen LogP) is -1.09. The molecule has 1 aliphatic rings. The summed E-state index contributed by atoms with van der Waals surface area (Å²) in [6.45, 7) is 1.80. The minimum Gasteiger partial charge on any atom is -0.385 e. The highest BCUT2D eigenvalue weighted by Crippen LogP contribution is 2.08. The van der Waals surface area contributed by atoms with Crippen molar-refractivity contribution in [1.82, 2.24) is 4.90 Å². The van der Waals surface area contributed by atoms with Crippen LogP contribution in [-0.2, 0) is 9.53 Å². The highest BCUT2D eigenvalue weighted by molar-refractivity contribution is 5.76. The fraction of sp³-hybridized carbons (Fsp3) is 0.889. The molecule has 0 saturated carbocycles. The Morgan fingerprint density at radius 2 is 2.00 bits per heavy atom. The van der Waals surface area contributed by atoms with Gasteiger partial charge in [0.1, 0.15) is 0 Å². The van der Waals surface area contributed by atoms with Crippen molar-refractivity contribution in [2.75, 3.05) is 26.8 Å². The number of carbonyl (C=O) groups excluding carboxylic acids is 1. The zero-order chi connectivity index (χ0) is 10.6. The molecule has 0 aromatic carbocycles. The van der Waals surface area contributed by atoms with Gasteiger partial charge in [0, 0.05) is 45.3 Å². The first-order valence-electron chi connectivity index (χ1n) is 4.93. The van der Waals surface area contributed by atoms with Crippen LogP contribution in [0.2, 0.25) is 0 Å². The Balaban J connectivity index is 2.25. The van der Waals surface area contributed by atoms with Crippen molar-refractivity contribution in [1.29, 1.82) is 0 Å². The van der Waals surface area contributed by atoms with Crippen LogP contribution in [0.3, 0.4) is 0 Å². The number of hydrogen-bond donors (Lipinski definition) is 2. The Kier molecular flexibility index (Phi) is 4.31. The van der Waals surface area contributed by atoms with Crippen LogP contribution in [0, 0.1) is 0 Å². The molecule has 0 radical (unpaired) electrons. The zero-order valence-electron chi connectivity index (χ0n) is 8.61. The van der Waals surface area contributed by atoms with Crippen LogP contribution in [0.15, 0.2) is 0 Å². The van der Waals surface area contributed by atoms with Crippen LogP contribution in [-0.4, -0.2) is 49.7 Å². The second kappa shape index (κ2) is 5.29. The summed E-state index contributed by atoms with van der Waals surface area (Å²) in [5.74, 6) is 0.130. The number of hydrogen-bond acceptors (Lipinski definition) is 4. The minimum absolute atomic E-state index is 0.0682. The summed E-state index contributed by atoms with van der Waals surface area (Å²) >= 11 is 0. The molecule has 0 bridgehead atoms. The Bertz CT molecular complexity index is 188. The van der Waals surface area contributed by atoms with E-state index in [1.54, 1.807) is 12.0 Å². The van der Waals surface area contributed by atoms with Crippen LogP contribution >= 0.6 is 0 Å². The van der Waals surface area contributed by atoms with Crippen LogP contribution in [0.25, 0.3) is 0 Å². The van der Waals surface area contributed by atoms with E-state index in [-0.39, 0.29) is 18.0 Å². The molecule has 1 saturated heterocycles. The van der Waals surface area contributed by atoms with Gasteiger partial charge >= 0.3 is 0 Å². The van der Waals surface area contributed by atoms with Crippen molar-refractivity contribution in [3.05, 3.63) is 0 Å². The van der Waals surface area contributed by atoms with Crippen molar-refractivity contribution in [2.45, 2.75) is 24.9 Å². The van der Waals surface area contributed by atoms with Crippen LogP contribution in [0.5, 0.6) is 0 Å². The van der Waals surface area contributed by atoms with Gasteiger partial charge in [-0.15, -0.1) is 0 Å². The van der Waals surface area contributed by atoms with Gasteiger partial charge in [0.25, 0.3) is 0 Å². The van der Waals surface area contributed by atoms with E-state index in [4.69, 9.17) is 16.2 Å². The third-order valence-electron chi connectivity index (χ3n) is 2.50. The minimum atomic E-state index is -0.0682. The maximum atomic E-state index is 11.6. The van der Waals surface area contributed by atoms with Gasteiger partial charge in [-0.3, -0.25) is 4.79 Å². The van der Waals surface area contributed by atoms with Crippen LogP contribution in [0.1, 0.15) is 12.8 Å². The molecule has 1 aliphatic heterocycles. The molecular formula is C9H19N3O2. The third-order valence-corrected chi connectivity index (χ3v) is 2.50. The number of amides is 1. The van der Waals surface area contributed by atoms with Crippen molar-refractivity contribution in [2.24, 2.45) is 11.5 Å². The second-order valence-electron chi connectivity index (χ2n) is 3.72. The van der Waals surface area contributed by atoms with Gasteiger partial charge in [0.2, 0.25) is 5.91 Å². The van der Waals surface area contributed by atoms with Crippen molar-refractivity contribution in [3.8, 4) is 0 Å². The molecule has 0 aromatic rings. The molecule has 4 N–H and O–H groups in total. The second-order valence-corrected chi connectivity index (χ2v) is 3.72. The van der Waals surface area contributed by atoms with Crippen molar-refractivity contribution < 1.29 is 9.53 Å². The molecule has 5 nitrogen and oxygen atoms in total. The SMILES string of the molecule is COCCCC(=O)N1CC(N)C(N)C1. The molecule has 1 heterocycles. The first-order valence-corrected chi connectivity index (χ1v) is 4.93. The molecule has 82 valence electrons. The molecule has 2 unspecified atom stereocenters. The van der Waals surface area contributed by atoms with Crippen LogP contribution in [0.4, 0.5) is 0 Å². The summed E-state index contributed by atoms with van der Waals surface area (Å²) in [5.41, 5.74) is 11.4. The van der Waals surface area contributed by atoms with Gasteiger partial charge in [-0.1, -0.05) is 0 Å². The van der Waals surface area contributed by atoms with Gasteiger partial charge in [-0.2, -0.15) is 0 Å². The molecule has 0 spiro atoms. The average molecular weight is 201 g/mol. The summed E-state index contributed by atoms with van der Waals surface area (Å²) in [7, 11) is 1.63. The Morgan fingerprint density at radius 1 is 1.43 bits per heavy atom. The number of methoxy groups -OCH3 is 1. The lowest BCUT2D eigenvalue weighted by molar-refractivity contribution is -0.130. The quantitative estimate of drug-likeness (QED) is 0.566. The van der Waals surface area contributed by atoms with E-state index in [0.717, 1.165) is 6.42 Å². The lowest BCUT2D eigenvalue weighted by Gasteiger charge is -2.15. The van der Waals surface area contributed by atoms with Crippen LogP contribution < -0.4 is 11.5 Å². The Labute approximate surface area is 84.4 Å². The molecule has 2 atom stereocenters. The monoisotopic (exact) mass is 201 g/mol. The molecule has 14 heavy (non-hydrogen) atoms. The zero-order valence-corrected chi connectivity index (χ0v) is 8.61. The van der Waals surface area contributed by atoms with E-state index >= 15 is 0 Å². The van der Waals surface area contributed by atoms with Gasteiger partial charge in [-0.05, 0) is 6.42 Å². The highest BCUT2D eigenvalue weighted by Gasteiger charge is 2.29. The number of nitrogens with zero attached hydrogens (tertiary/aromatic N) is 1. The summed E-state index contributed by atoms with van der Waals surface area (Å²) in [5, 5.41) is 0. The number of rotatable bonds is 4. The van der Waals surface area contributed by atoms with E-state index < -0.39 is 0 Å². The van der Waals surface area contributed by atoms with Gasteiger partial charge in [-0.25, -0.2) is 0 Å².